The quantitative estimate of drug-likeness (QED) is 0.849. The molecule has 0 bridgehead atoms. The molecule has 1 aliphatic rings. The lowest BCUT2D eigenvalue weighted by Gasteiger charge is -2.31. The summed E-state index contributed by atoms with van der Waals surface area (Å²) in [5, 5.41) is 6.91. The van der Waals surface area contributed by atoms with Crippen LogP contribution in [0.1, 0.15) is 29.7 Å². The Hall–Kier alpha value is -2.46. The number of Topliss-reactive ketones (excluding diaryl/α,β-unsaturated/α-hetero) is 1. The minimum Gasteiger partial charge on any atom is -0.351 e. The van der Waals surface area contributed by atoms with Gasteiger partial charge in [-0.05, 0) is 37.2 Å². The third-order valence-corrected chi connectivity index (χ3v) is 4.14. The first-order valence-corrected chi connectivity index (χ1v) is 7.91. The van der Waals surface area contributed by atoms with E-state index in [2.05, 4.69) is 10.6 Å². The predicted molar refractivity (Wildman–Crippen MR) is 96.8 cm³/mol. The number of rotatable bonds is 3. The lowest BCUT2D eigenvalue weighted by Crippen LogP contribution is -2.44. The van der Waals surface area contributed by atoms with Gasteiger partial charge in [0.15, 0.2) is 10.9 Å². The second-order valence-electron chi connectivity index (χ2n) is 5.65. The average Bonchev–Trinajstić information content (AvgIpc) is 2.55. The first-order valence-electron chi connectivity index (χ1n) is 7.51. The smallest absolute Gasteiger partial charge is 0.171 e. The SMILES string of the molecule is CC(=O)C1=C(c2ccc(C)cc2)NC(=S)N[C@H]1c1ccccc1. The van der Waals surface area contributed by atoms with Crippen molar-refractivity contribution in [2.75, 3.05) is 0 Å². The number of nitrogens with one attached hydrogen (secondary N) is 2. The normalized spacial score (nSPS) is 17.5. The van der Waals surface area contributed by atoms with E-state index in [-0.39, 0.29) is 11.8 Å². The minimum absolute atomic E-state index is 0.0249. The van der Waals surface area contributed by atoms with Crippen molar-refractivity contribution < 1.29 is 4.79 Å². The van der Waals surface area contributed by atoms with E-state index in [0.29, 0.717) is 10.7 Å². The topological polar surface area (TPSA) is 41.1 Å². The maximum atomic E-state index is 12.4. The van der Waals surface area contributed by atoms with Crippen molar-refractivity contribution in [2.45, 2.75) is 19.9 Å². The van der Waals surface area contributed by atoms with Crippen LogP contribution in [-0.2, 0) is 4.79 Å². The first-order chi connectivity index (χ1) is 11.1. The molecule has 0 aliphatic carbocycles. The van der Waals surface area contributed by atoms with Gasteiger partial charge in [0.05, 0.1) is 11.7 Å². The minimum atomic E-state index is -0.237. The fourth-order valence-corrected chi connectivity index (χ4v) is 3.01. The summed E-state index contributed by atoms with van der Waals surface area (Å²) in [6.07, 6.45) is 0. The van der Waals surface area contributed by atoms with Crippen LogP contribution in [0.3, 0.4) is 0 Å². The molecule has 0 saturated heterocycles. The van der Waals surface area contributed by atoms with Gasteiger partial charge in [-0.1, -0.05) is 60.2 Å². The van der Waals surface area contributed by atoms with E-state index in [9.17, 15) is 4.79 Å². The Bertz CT molecular complexity index is 779. The number of thiocarbonyl (C=S) groups is 1. The molecule has 1 heterocycles. The van der Waals surface area contributed by atoms with Gasteiger partial charge in [-0.25, -0.2) is 0 Å². The molecule has 0 radical (unpaired) electrons. The second kappa shape index (κ2) is 6.34. The van der Waals surface area contributed by atoms with Crippen LogP contribution in [0.4, 0.5) is 0 Å². The Kier molecular flexibility index (Phi) is 4.26. The van der Waals surface area contributed by atoms with Crippen molar-refractivity contribution in [3.05, 3.63) is 76.9 Å². The van der Waals surface area contributed by atoms with Crippen molar-refractivity contribution in [1.82, 2.24) is 10.6 Å². The van der Waals surface area contributed by atoms with E-state index in [1.165, 1.54) is 5.56 Å². The van der Waals surface area contributed by atoms with Crippen molar-refractivity contribution in [1.29, 1.82) is 0 Å². The molecular weight excluding hydrogens is 304 g/mol. The van der Waals surface area contributed by atoms with E-state index in [4.69, 9.17) is 12.2 Å². The molecule has 0 fully saturated rings. The summed E-state index contributed by atoms with van der Waals surface area (Å²) < 4.78 is 0. The molecule has 0 saturated carbocycles. The molecule has 2 aromatic rings. The van der Waals surface area contributed by atoms with Crippen LogP contribution in [-0.4, -0.2) is 10.9 Å². The summed E-state index contributed by atoms with van der Waals surface area (Å²) in [7, 11) is 0. The van der Waals surface area contributed by atoms with Crippen LogP contribution in [0.5, 0.6) is 0 Å². The van der Waals surface area contributed by atoms with Crippen LogP contribution in [0.2, 0.25) is 0 Å². The molecule has 1 atom stereocenters. The van der Waals surface area contributed by atoms with E-state index >= 15 is 0 Å². The first kappa shape index (κ1) is 15.4. The molecule has 3 nitrogen and oxygen atoms in total. The standard InChI is InChI=1S/C19H18N2OS/c1-12-8-10-15(11-9-12)18-16(13(2)22)17(20-19(23)21-18)14-6-4-3-5-7-14/h3-11,17H,1-2H3,(H2,20,21,23)/t17-/m0/s1. The van der Waals surface area contributed by atoms with Gasteiger partial charge in [0.1, 0.15) is 0 Å². The molecule has 0 spiro atoms. The largest absolute Gasteiger partial charge is 0.351 e. The lowest BCUT2D eigenvalue weighted by molar-refractivity contribution is -0.113. The summed E-state index contributed by atoms with van der Waals surface area (Å²) in [5.41, 5.74) is 4.65. The summed E-state index contributed by atoms with van der Waals surface area (Å²) in [5.74, 6) is 0.0249. The highest BCUT2D eigenvalue weighted by Crippen LogP contribution is 2.31. The number of carbonyl (C=O) groups is 1. The molecule has 0 amide bonds. The average molecular weight is 322 g/mol. The highest BCUT2D eigenvalue weighted by atomic mass is 32.1. The zero-order valence-corrected chi connectivity index (χ0v) is 13.9. The maximum absolute atomic E-state index is 12.4. The third-order valence-electron chi connectivity index (χ3n) is 3.92. The fraction of sp³-hybridized carbons (Fsp3) is 0.158. The molecule has 0 unspecified atom stereocenters. The molecule has 3 rings (SSSR count). The molecule has 1 aliphatic heterocycles. The third kappa shape index (κ3) is 3.17. The van der Waals surface area contributed by atoms with Crippen LogP contribution < -0.4 is 10.6 Å². The summed E-state index contributed by atoms with van der Waals surface area (Å²) >= 11 is 5.36. The number of carbonyl (C=O) groups excluding carboxylic acids is 1. The van der Waals surface area contributed by atoms with E-state index < -0.39 is 0 Å². The van der Waals surface area contributed by atoms with Crippen molar-refractivity contribution in [3.8, 4) is 0 Å². The Balaban J connectivity index is 2.17. The van der Waals surface area contributed by atoms with E-state index in [1.54, 1.807) is 6.92 Å². The van der Waals surface area contributed by atoms with Gasteiger partial charge in [0.25, 0.3) is 0 Å². The van der Waals surface area contributed by atoms with Crippen LogP contribution in [0, 0.1) is 6.92 Å². The number of hydrogen-bond donors (Lipinski definition) is 2. The number of benzene rings is 2. The van der Waals surface area contributed by atoms with Crippen molar-refractivity contribution in [2.24, 2.45) is 0 Å². The Labute approximate surface area is 141 Å². The molecular formula is C19H18N2OS. The lowest BCUT2D eigenvalue weighted by atomic mass is 9.90. The van der Waals surface area contributed by atoms with Gasteiger partial charge < -0.3 is 10.6 Å². The Morgan fingerprint density at radius 3 is 2.30 bits per heavy atom. The Morgan fingerprint density at radius 1 is 1.04 bits per heavy atom. The van der Waals surface area contributed by atoms with Gasteiger partial charge in [0.2, 0.25) is 0 Å². The molecule has 116 valence electrons. The number of hydrogen-bond acceptors (Lipinski definition) is 2. The Morgan fingerprint density at radius 2 is 1.70 bits per heavy atom. The maximum Gasteiger partial charge on any atom is 0.171 e. The molecule has 0 aromatic heterocycles. The van der Waals surface area contributed by atoms with Crippen molar-refractivity contribution >= 4 is 28.8 Å². The number of aryl methyl sites for hydroxylation is 1. The monoisotopic (exact) mass is 322 g/mol. The van der Waals surface area contributed by atoms with Crippen LogP contribution >= 0.6 is 12.2 Å². The molecule has 23 heavy (non-hydrogen) atoms. The summed E-state index contributed by atoms with van der Waals surface area (Å²) in [6, 6.07) is 17.7. The van der Waals surface area contributed by atoms with Crippen LogP contribution in [0.15, 0.2) is 60.2 Å². The molecule has 4 heteroatoms. The zero-order valence-electron chi connectivity index (χ0n) is 13.1. The predicted octanol–water partition coefficient (Wildman–Crippen LogP) is 3.51. The fourth-order valence-electron chi connectivity index (χ4n) is 2.79. The van der Waals surface area contributed by atoms with Gasteiger partial charge in [-0.3, -0.25) is 4.79 Å². The van der Waals surface area contributed by atoms with Crippen molar-refractivity contribution in [3.63, 3.8) is 0 Å². The second-order valence-corrected chi connectivity index (χ2v) is 6.06. The highest BCUT2D eigenvalue weighted by molar-refractivity contribution is 7.80. The van der Waals surface area contributed by atoms with Gasteiger partial charge in [0, 0.05) is 5.57 Å². The van der Waals surface area contributed by atoms with Gasteiger partial charge in [-0.2, -0.15) is 0 Å². The van der Waals surface area contributed by atoms with Crippen LogP contribution in [0.25, 0.3) is 5.70 Å². The molecule has 2 N–H and O–H groups in total. The number of ketones is 1. The zero-order chi connectivity index (χ0) is 16.4. The van der Waals surface area contributed by atoms with Gasteiger partial charge in [-0.15, -0.1) is 0 Å². The summed E-state index contributed by atoms with van der Waals surface area (Å²) in [6.45, 7) is 3.63. The van der Waals surface area contributed by atoms with E-state index in [1.807, 2.05) is 61.5 Å². The van der Waals surface area contributed by atoms with E-state index in [0.717, 1.165) is 16.8 Å². The van der Waals surface area contributed by atoms with Gasteiger partial charge >= 0.3 is 0 Å². The summed E-state index contributed by atoms with van der Waals surface area (Å²) in [4.78, 5) is 12.4. The molecule has 2 aromatic carbocycles. The highest BCUT2D eigenvalue weighted by Gasteiger charge is 2.29.